The Balaban J connectivity index is 2.51. The van der Waals surface area contributed by atoms with Crippen molar-refractivity contribution in [3.8, 4) is 17.0 Å². The number of methoxy groups -OCH3 is 1. The number of rotatable bonds is 2. The molecule has 4 heteroatoms. The molecule has 0 fully saturated rings. The fourth-order valence-corrected chi connectivity index (χ4v) is 1.14. The highest BCUT2D eigenvalue weighted by Gasteiger charge is 2.07. The topological polar surface area (TPSA) is 48.2 Å². The van der Waals surface area contributed by atoms with E-state index < -0.39 is 0 Å². The molecule has 0 aliphatic carbocycles. The Hall–Kier alpha value is -1.84. The third-order valence-corrected chi connectivity index (χ3v) is 1.74. The average Bonchev–Trinajstić information content (AvgIpc) is 2.70. The summed E-state index contributed by atoms with van der Waals surface area (Å²) < 4.78 is 9.67. The van der Waals surface area contributed by atoms with Crippen molar-refractivity contribution in [1.82, 2.24) is 10.3 Å². The monoisotopic (exact) mass is 176 g/mol. The van der Waals surface area contributed by atoms with E-state index in [2.05, 4.69) is 14.9 Å². The molecule has 0 amide bonds. The van der Waals surface area contributed by atoms with Gasteiger partial charge in [0.25, 0.3) is 0 Å². The fourth-order valence-electron chi connectivity index (χ4n) is 1.14. The van der Waals surface area contributed by atoms with Gasteiger partial charge >= 0.3 is 0 Å². The van der Waals surface area contributed by atoms with Gasteiger partial charge in [-0.1, -0.05) is 17.3 Å². The Morgan fingerprint density at radius 2 is 2.15 bits per heavy atom. The van der Waals surface area contributed by atoms with Gasteiger partial charge in [0.1, 0.15) is 11.4 Å². The van der Waals surface area contributed by atoms with Gasteiger partial charge in [-0.25, -0.2) is 4.63 Å². The molecule has 0 aliphatic rings. The van der Waals surface area contributed by atoms with Crippen LogP contribution in [0.3, 0.4) is 0 Å². The van der Waals surface area contributed by atoms with Crippen LogP contribution in [0.4, 0.5) is 0 Å². The van der Waals surface area contributed by atoms with E-state index in [1.165, 1.54) is 0 Å². The number of nitrogens with zero attached hydrogens (tertiary/aromatic N) is 2. The summed E-state index contributed by atoms with van der Waals surface area (Å²) in [5, 5.41) is 7.26. The minimum Gasteiger partial charge on any atom is -0.496 e. The molecule has 13 heavy (non-hydrogen) atoms. The van der Waals surface area contributed by atoms with E-state index in [9.17, 15) is 0 Å². The molecule has 2 aromatic rings. The Labute approximate surface area is 75.1 Å². The SMILES string of the molecule is COc1ccccc1-c1cnon1. The number of benzene rings is 1. The van der Waals surface area contributed by atoms with Crippen LogP contribution in [0.2, 0.25) is 0 Å². The molecule has 0 radical (unpaired) electrons. The first kappa shape index (κ1) is 7.79. The number of hydrogen-bond acceptors (Lipinski definition) is 4. The molecule has 4 nitrogen and oxygen atoms in total. The van der Waals surface area contributed by atoms with Gasteiger partial charge in [0.2, 0.25) is 0 Å². The Morgan fingerprint density at radius 3 is 2.85 bits per heavy atom. The van der Waals surface area contributed by atoms with Crippen molar-refractivity contribution in [3.05, 3.63) is 30.5 Å². The van der Waals surface area contributed by atoms with Gasteiger partial charge in [-0.2, -0.15) is 0 Å². The molecule has 1 aromatic heterocycles. The summed E-state index contributed by atoms with van der Waals surface area (Å²) in [6.07, 6.45) is 1.55. The zero-order valence-corrected chi connectivity index (χ0v) is 7.10. The molecule has 66 valence electrons. The van der Waals surface area contributed by atoms with Crippen molar-refractivity contribution in [2.75, 3.05) is 7.11 Å². The first-order chi connectivity index (χ1) is 6.42. The predicted molar refractivity (Wildman–Crippen MR) is 46.3 cm³/mol. The van der Waals surface area contributed by atoms with Gasteiger partial charge in [-0.05, 0) is 17.3 Å². The highest BCUT2D eigenvalue weighted by atomic mass is 16.6. The number of ether oxygens (including phenoxy) is 1. The summed E-state index contributed by atoms with van der Waals surface area (Å²) in [5.74, 6) is 0.762. The first-order valence-corrected chi connectivity index (χ1v) is 3.83. The lowest BCUT2D eigenvalue weighted by Gasteiger charge is -2.03. The first-order valence-electron chi connectivity index (χ1n) is 3.83. The minimum absolute atomic E-state index is 0.678. The van der Waals surface area contributed by atoms with E-state index in [1.807, 2.05) is 24.3 Å². The average molecular weight is 176 g/mol. The van der Waals surface area contributed by atoms with Crippen molar-refractivity contribution in [2.24, 2.45) is 0 Å². The quantitative estimate of drug-likeness (QED) is 0.699. The summed E-state index contributed by atoms with van der Waals surface area (Å²) in [6.45, 7) is 0. The highest BCUT2D eigenvalue weighted by Crippen LogP contribution is 2.26. The largest absolute Gasteiger partial charge is 0.496 e. The Morgan fingerprint density at radius 1 is 1.31 bits per heavy atom. The van der Waals surface area contributed by atoms with E-state index in [1.54, 1.807) is 13.3 Å². The van der Waals surface area contributed by atoms with Crippen LogP contribution in [0, 0.1) is 0 Å². The molecule has 1 aromatic carbocycles. The minimum atomic E-state index is 0.678. The second-order valence-electron chi connectivity index (χ2n) is 2.49. The summed E-state index contributed by atoms with van der Waals surface area (Å²) in [7, 11) is 1.62. The zero-order chi connectivity index (χ0) is 9.10. The molecule has 0 saturated heterocycles. The smallest absolute Gasteiger partial charge is 0.138 e. The highest BCUT2D eigenvalue weighted by molar-refractivity contribution is 5.65. The van der Waals surface area contributed by atoms with E-state index in [0.29, 0.717) is 5.69 Å². The third-order valence-electron chi connectivity index (χ3n) is 1.74. The molecule has 2 rings (SSSR count). The van der Waals surface area contributed by atoms with Gasteiger partial charge in [-0.15, -0.1) is 0 Å². The summed E-state index contributed by atoms with van der Waals surface area (Å²) in [5.41, 5.74) is 1.56. The van der Waals surface area contributed by atoms with E-state index >= 15 is 0 Å². The Kier molecular flexibility index (Phi) is 1.96. The fraction of sp³-hybridized carbons (Fsp3) is 0.111. The summed E-state index contributed by atoms with van der Waals surface area (Å²) >= 11 is 0. The molecule has 0 saturated carbocycles. The number of para-hydroxylation sites is 1. The maximum Gasteiger partial charge on any atom is 0.138 e. The van der Waals surface area contributed by atoms with Gasteiger partial charge < -0.3 is 4.74 Å². The van der Waals surface area contributed by atoms with Crippen LogP contribution >= 0.6 is 0 Å². The summed E-state index contributed by atoms with van der Waals surface area (Å²) in [4.78, 5) is 0. The van der Waals surface area contributed by atoms with Gasteiger partial charge in [0, 0.05) is 5.56 Å². The summed E-state index contributed by atoms with van der Waals surface area (Å²) in [6, 6.07) is 7.57. The van der Waals surface area contributed by atoms with E-state index in [0.717, 1.165) is 11.3 Å². The number of aromatic nitrogens is 2. The number of hydrogen-bond donors (Lipinski definition) is 0. The van der Waals surface area contributed by atoms with Gasteiger partial charge in [-0.3, -0.25) is 0 Å². The van der Waals surface area contributed by atoms with Crippen LogP contribution in [0.25, 0.3) is 11.3 Å². The van der Waals surface area contributed by atoms with Gasteiger partial charge in [0.15, 0.2) is 0 Å². The molecule has 0 atom stereocenters. The van der Waals surface area contributed by atoms with Crippen molar-refractivity contribution in [1.29, 1.82) is 0 Å². The van der Waals surface area contributed by atoms with Crippen LogP contribution in [-0.4, -0.2) is 17.4 Å². The van der Waals surface area contributed by atoms with Crippen LogP contribution in [0.15, 0.2) is 35.1 Å². The third kappa shape index (κ3) is 1.38. The van der Waals surface area contributed by atoms with Crippen LogP contribution in [0.5, 0.6) is 5.75 Å². The van der Waals surface area contributed by atoms with Gasteiger partial charge in [0.05, 0.1) is 13.3 Å². The Bertz CT molecular complexity index is 384. The van der Waals surface area contributed by atoms with E-state index in [4.69, 9.17) is 4.74 Å². The molecular formula is C9H8N2O2. The second kappa shape index (κ2) is 3.26. The molecular weight excluding hydrogens is 168 g/mol. The molecule has 0 N–H and O–H groups in total. The lowest BCUT2D eigenvalue weighted by Crippen LogP contribution is -1.86. The molecule has 0 bridgehead atoms. The molecule has 1 heterocycles. The van der Waals surface area contributed by atoms with Crippen molar-refractivity contribution < 1.29 is 9.37 Å². The second-order valence-corrected chi connectivity index (χ2v) is 2.49. The van der Waals surface area contributed by atoms with Crippen LogP contribution in [0.1, 0.15) is 0 Å². The molecule has 0 spiro atoms. The van der Waals surface area contributed by atoms with Crippen molar-refractivity contribution in [3.63, 3.8) is 0 Å². The van der Waals surface area contributed by atoms with E-state index in [-0.39, 0.29) is 0 Å². The zero-order valence-electron chi connectivity index (χ0n) is 7.10. The van der Waals surface area contributed by atoms with Crippen LogP contribution < -0.4 is 4.74 Å². The lowest BCUT2D eigenvalue weighted by molar-refractivity contribution is 0.308. The molecule has 0 unspecified atom stereocenters. The predicted octanol–water partition coefficient (Wildman–Crippen LogP) is 1.75. The normalized spacial score (nSPS) is 9.92. The van der Waals surface area contributed by atoms with Crippen molar-refractivity contribution in [2.45, 2.75) is 0 Å². The maximum atomic E-state index is 5.16. The van der Waals surface area contributed by atoms with Crippen molar-refractivity contribution >= 4 is 0 Å². The standard InChI is InChI=1S/C9H8N2O2/c1-12-9-5-3-2-4-7(9)8-6-10-13-11-8/h2-6H,1H3. The molecule has 0 aliphatic heterocycles. The lowest BCUT2D eigenvalue weighted by atomic mass is 10.1. The van der Waals surface area contributed by atoms with Crippen LogP contribution in [-0.2, 0) is 0 Å². The maximum absolute atomic E-state index is 5.16.